The van der Waals surface area contributed by atoms with Crippen LogP contribution in [-0.2, 0) is 6.54 Å². The maximum atomic E-state index is 12.6. The van der Waals surface area contributed by atoms with Crippen molar-refractivity contribution in [3.8, 4) is 0 Å². The fourth-order valence-electron chi connectivity index (χ4n) is 3.83. The minimum atomic E-state index is -0.112. The summed E-state index contributed by atoms with van der Waals surface area (Å²) in [6.45, 7) is 1.99. The van der Waals surface area contributed by atoms with Crippen molar-refractivity contribution in [2.24, 2.45) is 5.92 Å². The molecule has 2 aromatic rings. The Morgan fingerprint density at radius 3 is 2.79 bits per heavy atom. The number of aromatic nitrogens is 1. The third-order valence-electron chi connectivity index (χ3n) is 4.84. The second kappa shape index (κ2) is 5.98. The molecule has 2 bridgehead atoms. The van der Waals surface area contributed by atoms with Crippen molar-refractivity contribution < 1.29 is 4.79 Å². The van der Waals surface area contributed by atoms with E-state index in [9.17, 15) is 9.59 Å². The summed E-state index contributed by atoms with van der Waals surface area (Å²) in [6.07, 6.45) is 1.03. The van der Waals surface area contributed by atoms with Gasteiger partial charge in [0, 0.05) is 48.0 Å². The maximum absolute atomic E-state index is 12.6. The lowest BCUT2D eigenvalue weighted by molar-refractivity contribution is 0.139. The van der Waals surface area contributed by atoms with E-state index in [0.717, 1.165) is 12.1 Å². The second-order valence-corrected chi connectivity index (χ2v) is 6.98. The fourth-order valence-corrected chi connectivity index (χ4v) is 4.02. The zero-order chi connectivity index (χ0) is 16.7. The van der Waals surface area contributed by atoms with E-state index in [1.165, 1.54) is 0 Å². The number of carbonyl (C=O) groups excluding carboxylic acids is 1. The van der Waals surface area contributed by atoms with Crippen LogP contribution < -0.4 is 10.9 Å². The summed E-state index contributed by atoms with van der Waals surface area (Å²) in [7, 11) is 0. The predicted octanol–water partition coefficient (Wildman–Crippen LogP) is 3.15. The van der Waals surface area contributed by atoms with Gasteiger partial charge in [0.25, 0.3) is 5.56 Å². The second-order valence-electron chi connectivity index (χ2n) is 6.54. The van der Waals surface area contributed by atoms with Gasteiger partial charge < -0.3 is 14.8 Å². The van der Waals surface area contributed by atoms with E-state index in [1.807, 2.05) is 27.7 Å². The third-order valence-corrected chi connectivity index (χ3v) is 5.08. The normalized spacial score (nSPS) is 22.0. The number of hydrogen-bond donors (Lipinski definition) is 1. The number of anilines is 1. The average molecular weight is 344 g/mol. The van der Waals surface area contributed by atoms with Crippen LogP contribution in [0.4, 0.5) is 10.5 Å². The molecule has 0 unspecified atom stereocenters. The number of piperidine rings is 1. The maximum Gasteiger partial charge on any atom is 0.321 e. The molecule has 24 heavy (non-hydrogen) atoms. The summed E-state index contributed by atoms with van der Waals surface area (Å²) in [4.78, 5) is 26.5. The molecule has 1 saturated heterocycles. The monoisotopic (exact) mass is 343 g/mol. The van der Waals surface area contributed by atoms with Crippen molar-refractivity contribution in [3.05, 3.63) is 63.5 Å². The van der Waals surface area contributed by atoms with Crippen LogP contribution in [-0.4, -0.2) is 28.6 Å². The molecular formula is C18H18ClN3O2. The highest BCUT2D eigenvalue weighted by molar-refractivity contribution is 6.30. The van der Waals surface area contributed by atoms with E-state index in [1.54, 1.807) is 24.3 Å². The van der Waals surface area contributed by atoms with Gasteiger partial charge in [-0.15, -0.1) is 0 Å². The van der Waals surface area contributed by atoms with E-state index in [2.05, 4.69) is 5.32 Å². The van der Waals surface area contributed by atoms with Crippen LogP contribution >= 0.6 is 11.6 Å². The van der Waals surface area contributed by atoms with E-state index >= 15 is 0 Å². The summed E-state index contributed by atoms with van der Waals surface area (Å²) < 4.78 is 1.87. The number of nitrogens with one attached hydrogen (secondary N) is 1. The number of hydrogen-bond acceptors (Lipinski definition) is 2. The largest absolute Gasteiger partial charge is 0.324 e. The zero-order valence-electron chi connectivity index (χ0n) is 13.1. The molecule has 1 N–H and O–H groups in total. The van der Waals surface area contributed by atoms with Crippen molar-refractivity contribution in [2.75, 3.05) is 18.4 Å². The van der Waals surface area contributed by atoms with E-state index in [4.69, 9.17) is 11.6 Å². The van der Waals surface area contributed by atoms with Crippen LogP contribution in [0.5, 0.6) is 0 Å². The molecule has 2 aliphatic heterocycles. The van der Waals surface area contributed by atoms with E-state index in [0.29, 0.717) is 36.3 Å². The number of nitrogens with zero attached hydrogens (tertiary/aromatic N) is 2. The molecular weight excluding hydrogens is 326 g/mol. The van der Waals surface area contributed by atoms with Gasteiger partial charge in [0.1, 0.15) is 0 Å². The topological polar surface area (TPSA) is 54.3 Å². The van der Waals surface area contributed by atoms with Crippen molar-refractivity contribution in [1.29, 1.82) is 0 Å². The highest BCUT2D eigenvalue weighted by Crippen LogP contribution is 2.35. The first-order valence-electron chi connectivity index (χ1n) is 8.11. The fraction of sp³-hybridized carbons (Fsp3) is 0.333. The number of likely N-dealkylation sites (tertiary alicyclic amines) is 1. The number of rotatable bonds is 1. The molecule has 124 valence electrons. The molecule has 1 fully saturated rings. The summed E-state index contributed by atoms with van der Waals surface area (Å²) in [5, 5.41) is 3.51. The Morgan fingerprint density at radius 1 is 1.12 bits per heavy atom. The van der Waals surface area contributed by atoms with Crippen molar-refractivity contribution >= 4 is 23.3 Å². The Bertz CT molecular complexity index is 848. The number of pyridine rings is 1. The average Bonchev–Trinajstić information content (AvgIpc) is 2.56. The van der Waals surface area contributed by atoms with E-state index in [-0.39, 0.29) is 17.5 Å². The molecule has 5 nitrogen and oxygen atoms in total. The first kappa shape index (κ1) is 15.3. The Morgan fingerprint density at radius 2 is 1.96 bits per heavy atom. The van der Waals surface area contributed by atoms with E-state index < -0.39 is 0 Å². The van der Waals surface area contributed by atoms with Gasteiger partial charge in [-0.3, -0.25) is 4.79 Å². The predicted molar refractivity (Wildman–Crippen MR) is 93.6 cm³/mol. The molecule has 3 heterocycles. The molecule has 1 aromatic heterocycles. The minimum absolute atomic E-state index is 0.0547. The van der Waals surface area contributed by atoms with Gasteiger partial charge in [-0.05, 0) is 36.6 Å². The Labute approximate surface area is 144 Å². The Balaban J connectivity index is 1.53. The minimum Gasteiger partial charge on any atom is -0.324 e. The number of carbonyl (C=O) groups is 1. The summed E-state index contributed by atoms with van der Waals surface area (Å²) in [5.74, 6) is 0.540. The number of fused-ring (bicyclic) bond motifs is 4. The quantitative estimate of drug-likeness (QED) is 0.864. The number of halogens is 1. The Kier molecular flexibility index (Phi) is 3.81. The van der Waals surface area contributed by atoms with Crippen LogP contribution in [0.25, 0.3) is 0 Å². The molecule has 2 amide bonds. The number of benzene rings is 1. The molecule has 0 saturated carbocycles. The molecule has 0 spiro atoms. The highest BCUT2D eigenvalue weighted by atomic mass is 35.5. The lowest BCUT2D eigenvalue weighted by Gasteiger charge is -2.42. The third kappa shape index (κ3) is 2.80. The zero-order valence-corrected chi connectivity index (χ0v) is 13.9. The van der Waals surface area contributed by atoms with Crippen molar-refractivity contribution in [1.82, 2.24) is 9.47 Å². The lowest BCUT2D eigenvalue weighted by atomic mass is 9.83. The molecule has 4 rings (SSSR count). The van der Waals surface area contributed by atoms with Gasteiger partial charge in [0.15, 0.2) is 0 Å². The molecule has 0 radical (unpaired) electrons. The molecule has 2 atom stereocenters. The van der Waals surface area contributed by atoms with Gasteiger partial charge in [-0.25, -0.2) is 4.79 Å². The van der Waals surface area contributed by atoms with Crippen LogP contribution in [0, 0.1) is 5.92 Å². The highest BCUT2D eigenvalue weighted by Gasteiger charge is 2.36. The standard InChI is InChI=1S/C18H18ClN3O2/c19-14-3-1-4-15(8-14)20-18(24)21-9-12-7-13(11-21)16-5-2-6-17(23)22(16)10-12/h1-6,8,12-13H,7,9-11H2,(H,20,24)/t12-,13-/m1/s1. The van der Waals surface area contributed by atoms with Crippen LogP contribution in [0.15, 0.2) is 47.3 Å². The van der Waals surface area contributed by atoms with Crippen LogP contribution in [0.3, 0.4) is 0 Å². The molecule has 2 aliphatic rings. The molecule has 6 heteroatoms. The molecule has 0 aliphatic carbocycles. The molecule has 1 aromatic carbocycles. The van der Waals surface area contributed by atoms with Crippen LogP contribution in [0.1, 0.15) is 18.0 Å². The van der Waals surface area contributed by atoms with Gasteiger partial charge >= 0.3 is 6.03 Å². The first-order valence-corrected chi connectivity index (χ1v) is 8.49. The Hall–Kier alpha value is -2.27. The first-order chi connectivity index (χ1) is 11.6. The van der Waals surface area contributed by atoms with Crippen LogP contribution in [0.2, 0.25) is 5.02 Å². The SMILES string of the molecule is O=C(Nc1cccc(Cl)c1)N1C[C@H]2C[C@H](C1)c1cccc(=O)n1C2. The lowest BCUT2D eigenvalue weighted by Crippen LogP contribution is -2.50. The number of amides is 2. The smallest absolute Gasteiger partial charge is 0.321 e. The summed E-state index contributed by atoms with van der Waals surface area (Å²) >= 11 is 5.97. The van der Waals surface area contributed by atoms with Crippen molar-refractivity contribution in [3.63, 3.8) is 0 Å². The van der Waals surface area contributed by atoms with Gasteiger partial charge in [-0.2, -0.15) is 0 Å². The van der Waals surface area contributed by atoms with Gasteiger partial charge in [0.05, 0.1) is 0 Å². The summed E-state index contributed by atoms with van der Waals surface area (Å²) in [6, 6.07) is 12.4. The van der Waals surface area contributed by atoms with Gasteiger partial charge in [0.2, 0.25) is 0 Å². The van der Waals surface area contributed by atoms with Crippen molar-refractivity contribution in [2.45, 2.75) is 18.9 Å². The summed E-state index contributed by atoms with van der Waals surface area (Å²) in [5.41, 5.74) is 1.79. The van der Waals surface area contributed by atoms with Gasteiger partial charge in [-0.1, -0.05) is 23.7 Å². The number of urea groups is 1.